The van der Waals surface area contributed by atoms with Crippen LogP contribution in [-0.2, 0) is 6.54 Å². The summed E-state index contributed by atoms with van der Waals surface area (Å²) in [5, 5.41) is 11.2. The van der Waals surface area contributed by atoms with Crippen LogP contribution in [0, 0.1) is 5.92 Å². The molecule has 1 aromatic carbocycles. The number of amides is 1. The number of rotatable bonds is 7. The van der Waals surface area contributed by atoms with Gasteiger partial charge in [-0.25, -0.2) is 0 Å². The second-order valence-corrected chi connectivity index (χ2v) is 5.51. The van der Waals surface area contributed by atoms with Gasteiger partial charge in [0.1, 0.15) is 11.5 Å². The van der Waals surface area contributed by atoms with E-state index in [0.29, 0.717) is 23.6 Å². The Labute approximate surface area is 135 Å². The molecule has 0 aliphatic rings. The minimum absolute atomic E-state index is 0.0907. The number of carbonyl (C=O) groups excluding carboxylic acids is 1. The number of hydrogen-bond donors (Lipinski definition) is 1. The average molecular weight is 318 g/mol. The third kappa shape index (κ3) is 4.45. The molecule has 1 heterocycles. The Hall–Kier alpha value is -2.57. The Morgan fingerprint density at radius 1 is 1.13 bits per heavy atom. The summed E-state index contributed by atoms with van der Waals surface area (Å²) in [6.45, 7) is 4.60. The van der Waals surface area contributed by atoms with Gasteiger partial charge in [0.05, 0.1) is 39.2 Å². The summed E-state index contributed by atoms with van der Waals surface area (Å²) in [7, 11) is 3.10. The summed E-state index contributed by atoms with van der Waals surface area (Å²) in [6, 6.07) is 5.00. The highest BCUT2D eigenvalue weighted by Gasteiger charge is 2.19. The fourth-order valence-corrected chi connectivity index (χ4v) is 2.13. The first-order valence-electron chi connectivity index (χ1n) is 7.41. The molecule has 0 bridgehead atoms. The fraction of sp³-hybridized carbons (Fsp3) is 0.438. The summed E-state index contributed by atoms with van der Waals surface area (Å²) in [5.74, 6) is 1.19. The molecule has 0 radical (unpaired) electrons. The Bertz CT molecular complexity index is 619. The van der Waals surface area contributed by atoms with Gasteiger partial charge >= 0.3 is 0 Å². The van der Waals surface area contributed by atoms with E-state index < -0.39 is 0 Å². The van der Waals surface area contributed by atoms with Crippen molar-refractivity contribution in [3.8, 4) is 11.5 Å². The van der Waals surface area contributed by atoms with Gasteiger partial charge in [0.25, 0.3) is 5.91 Å². The third-order valence-corrected chi connectivity index (χ3v) is 3.56. The third-order valence-electron chi connectivity index (χ3n) is 3.56. The Balaban J connectivity index is 2.15. The van der Waals surface area contributed by atoms with Crippen LogP contribution in [0.3, 0.4) is 0 Å². The molecule has 0 spiro atoms. The SMILES string of the molecule is COc1cc(OC)cc(C(=O)N[C@H](Cn2nccn2)C(C)C)c1. The number of hydrogen-bond acceptors (Lipinski definition) is 5. The topological polar surface area (TPSA) is 78.3 Å². The maximum atomic E-state index is 12.6. The van der Waals surface area contributed by atoms with Crippen LogP contribution in [0.4, 0.5) is 0 Å². The summed E-state index contributed by atoms with van der Waals surface area (Å²) >= 11 is 0. The van der Waals surface area contributed by atoms with Crippen molar-refractivity contribution in [3.63, 3.8) is 0 Å². The van der Waals surface area contributed by atoms with Gasteiger partial charge in [-0.2, -0.15) is 15.0 Å². The highest BCUT2D eigenvalue weighted by atomic mass is 16.5. The minimum atomic E-state index is -0.187. The van der Waals surface area contributed by atoms with Gasteiger partial charge in [-0.15, -0.1) is 0 Å². The zero-order valence-electron chi connectivity index (χ0n) is 13.8. The van der Waals surface area contributed by atoms with Crippen molar-refractivity contribution in [1.29, 1.82) is 0 Å². The fourth-order valence-electron chi connectivity index (χ4n) is 2.13. The van der Waals surface area contributed by atoms with Crippen LogP contribution < -0.4 is 14.8 Å². The molecule has 1 N–H and O–H groups in total. The van der Waals surface area contributed by atoms with Crippen LogP contribution >= 0.6 is 0 Å². The average Bonchev–Trinajstić information content (AvgIpc) is 3.06. The van der Waals surface area contributed by atoms with Crippen LogP contribution in [0.1, 0.15) is 24.2 Å². The smallest absolute Gasteiger partial charge is 0.251 e. The summed E-state index contributed by atoms with van der Waals surface area (Å²) in [4.78, 5) is 14.1. The van der Waals surface area contributed by atoms with Crippen molar-refractivity contribution in [3.05, 3.63) is 36.2 Å². The van der Waals surface area contributed by atoms with E-state index in [1.54, 1.807) is 49.6 Å². The lowest BCUT2D eigenvalue weighted by atomic mass is 10.0. The number of carbonyl (C=O) groups is 1. The van der Waals surface area contributed by atoms with Gasteiger partial charge in [-0.05, 0) is 18.1 Å². The highest BCUT2D eigenvalue weighted by molar-refractivity contribution is 5.95. The van der Waals surface area contributed by atoms with Crippen LogP contribution in [0.5, 0.6) is 11.5 Å². The van der Waals surface area contributed by atoms with Crippen LogP contribution in [0.15, 0.2) is 30.6 Å². The Kier molecular flexibility index (Phi) is 5.56. The number of nitrogens with zero attached hydrogens (tertiary/aromatic N) is 3. The maximum absolute atomic E-state index is 12.6. The summed E-state index contributed by atoms with van der Waals surface area (Å²) < 4.78 is 10.4. The highest BCUT2D eigenvalue weighted by Crippen LogP contribution is 2.22. The van der Waals surface area contributed by atoms with Crippen molar-refractivity contribution in [1.82, 2.24) is 20.3 Å². The molecular formula is C16H22N4O3. The first-order valence-corrected chi connectivity index (χ1v) is 7.41. The molecule has 1 atom stereocenters. The number of ether oxygens (including phenoxy) is 2. The molecule has 2 aromatic rings. The second-order valence-electron chi connectivity index (χ2n) is 5.51. The van der Waals surface area contributed by atoms with Crippen LogP contribution in [-0.4, -0.2) is 41.2 Å². The monoisotopic (exact) mass is 318 g/mol. The standard InChI is InChI=1S/C16H22N4O3/c1-11(2)15(10-20-17-5-6-18-20)19-16(21)12-7-13(22-3)9-14(8-12)23-4/h5-9,11,15H,10H2,1-4H3,(H,19,21)/t15-/m1/s1. The number of aromatic nitrogens is 3. The summed E-state index contributed by atoms with van der Waals surface area (Å²) in [6.07, 6.45) is 3.23. The normalized spacial score (nSPS) is 12.0. The van der Waals surface area contributed by atoms with E-state index in [0.717, 1.165) is 0 Å². The summed E-state index contributed by atoms with van der Waals surface area (Å²) in [5.41, 5.74) is 0.486. The molecule has 0 aliphatic carbocycles. The molecule has 0 fully saturated rings. The van der Waals surface area contributed by atoms with Crippen molar-refractivity contribution >= 4 is 5.91 Å². The molecule has 0 unspecified atom stereocenters. The molecule has 124 valence electrons. The van der Waals surface area contributed by atoms with E-state index in [1.807, 2.05) is 13.8 Å². The number of benzene rings is 1. The van der Waals surface area contributed by atoms with E-state index in [1.165, 1.54) is 0 Å². The molecule has 23 heavy (non-hydrogen) atoms. The van der Waals surface area contributed by atoms with E-state index in [2.05, 4.69) is 15.5 Å². The van der Waals surface area contributed by atoms with Gasteiger partial charge in [-0.1, -0.05) is 13.8 Å². The van der Waals surface area contributed by atoms with Crippen LogP contribution in [0.2, 0.25) is 0 Å². The molecule has 7 nitrogen and oxygen atoms in total. The minimum Gasteiger partial charge on any atom is -0.497 e. The van der Waals surface area contributed by atoms with Gasteiger partial charge in [-0.3, -0.25) is 4.79 Å². The van der Waals surface area contributed by atoms with Crippen molar-refractivity contribution < 1.29 is 14.3 Å². The molecule has 0 saturated heterocycles. The lowest BCUT2D eigenvalue weighted by Crippen LogP contribution is -2.42. The van der Waals surface area contributed by atoms with Gasteiger partial charge in [0.15, 0.2) is 0 Å². The van der Waals surface area contributed by atoms with Gasteiger partial charge in [0, 0.05) is 11.6 Å². The van der Waals surface area contributed by atoms with E-state index >= 15 is 0 Å². The Morgan fingerprint density at radius 3 is 2.17 bits per heavy atom. The largest absolute Gasteiger partial charge is 0.497 e. The molecule has 0 aliphatic heterocycles. The van der Waals surface area contributed by atoms with Crippen molar-refractivity contribution in [2.24, 2.45) is 5.92 Å². The lowest BCUT2D eigenvalue weighted by molar-refractivity contribution is 0.0917. The van der Waals surface area contributed by atoms with E-state index in [9.17, 15) is 4.79 Å². The predicted octanol–water partition coefficient (Wildman–Crippen LogP) is 1.75. The molecule has 1 amide bonds. The van der Waals surface area contributed by atoms with E-state index in [4.69, 9.17) is 9.47 Å². The zero-order valence-corrected chi connectivity index (χ0v) is 13.8. The predicted molar refractivity (Wildman–Crippen MR) is 85.7 cm³/mol. The van der Waals surface area contributed by atoms with E-state index in [-0.39, 0.29) is 17.9 Å². The quantitative estimate of drug-likeness (QED) is 0.841. The lowest BCUT2D eigenvalue weighted by Gasteiger charge is -2.22. The van der Waals surface area contributed by atoms with Gasteiger partial charge in [0.2, 0.25) is 0 Å². The number of methoxy groups -OCH3 is 2. The maximum Gasteiger partial charge on any atom is 0.251 e. The Morgan fingerprint density at radius 2 is 1.70 bits per heavy atom. The molecule has 2 rings (SSSR count). The number of nitrogens with one attached hydrogen (secondary N) is 1. The molecular weight excluding hydrogens is 296 g/mol. The molecule has 1 aromatic heterocycles. The first kappa shape index (κ1) is 16.8. The molecule has 0 saturated carbocycles. The van der Waals surface area contributed by atoms with Crippen molar-refractivity contribution in [2.45, 2.75) is 26.4 Å². The second kappa shape index (κ2) is 7.62. The first-order chi connectivity index (χ1) is 11.0. The van der Waals surface area contributed by atoms with Gasteiger partial charge < -0.3 is 14.8 Å². The molecule has 7 heteroatoms. The van der Waals surface area contributed by atoms with Crippen molar-refractivity contribution in [2.75, 3.05) is 14.2 Å². The zero-order chi connectivity index (χ0) is 16.8. The van der Waals surface area contributed by atoms with Crippen LogP contribution in [0.25, 0.3) is 0 Å².